The number of hydrogen-bond acceptors (Lipinski definition) is 2. The van der Waals surface area contributed by atoms with Gasteiger partial charge in [0.25, 0.3) is 0 Å². The van der Waals surface area contributed by atoms with E-state index in [0.717, 1.165) is 38.2 Å². The van der Waals surface area contributed by atoms with Crippen LogP contribution >= 0.6 is 24.0 Å². The average molecular weight is 445 g/mol. The molecule has 0 bridgehead atoms. The third kappa shape index (κ3) is 6.24. The monoisotopic (exact) mass is 445 g/mol. The van der Waals surface area contributed by atoms with Crippen molar-refractivity contribution in [1.82, 2.24) is 10.6 Å². The molecule has 24 heavy (non-hydrogen) atoms. The molecule has 0 spiro atoms. The van der Waals surface area contributed by atoms with Crippen molar-refractivity contribution in [2.45, 2.75) is 64.0 Å². The Morgan fingerprint density at radius 2 is 1.83 bits per heavy atom. The number of rotatable bonds is 6. The van der Waals surface area contributed by atoms with E-state index in [1.807, 2.05) is 6.07 Å². The molecule has 1 fully saturated rings. The van der Waals surface area contributed by atoms with E-state index >= 15 is 0 Å². The zero-order valence-corrected chi connectivity index (χ0v) is 17.4. The standard InChI is InChI=1S/C19H31N3O.HI/c1-4-20-18(21-14-19(23)12-8-9-13-19)22-16(3)15(2)17-10-6-5-7-11-17;/h5-7,10-11,15-16,23H,4,8-9,12-14H2,1-3H3,(H2,20,21,22);1H. The molecular weight excluding hydrogens is 413 g/mol. The van der Waals surface area contributed by atoms with Gasteiger partial charge in [-0.3, -0.25) is 4.99 Å². The number of guanidine groups is 1. The molecule has 1 aromatic rings. The van der Waals surface area contributed by atoms with Crippen LogP contribution in [0.25, 0.3) is 0 Å². The van der Waals surface area contributed by atoms with Gasteiger partial charge in [0.2, 0.25) is 0 Å². The summed E-state index contributed by atoms with van der Waals surface area (Å²) in [5, 5.41) is 17.2. The highest BCUT2D eigenvalue weighted by Gasteiger charge is 2.30. The summed E-state index contributed by atoms with van der Waals surface area (Å²) in [4.78, 5) is 4.63. The normalized spacial score (nSPS) is 19.2. The number of halogens is 1. The highest BCUT2D eigenvalue weighted by Crippen LogP contribution is 2.29. The molecule has 5 heteroatoms. The number of aliphatic imine (C=N–C) groups is 1. The van der Waals surface area contributed by atoms with Crippen LogP contribution in [0.5, 0.6) is 0 Å². The summed E-state index contributed by atoms with van der Waals surface area (Å²) in [6.45, 7) is 7.76. The molecule has 2 atom stereocenters. The highest BCUT2D eigenvalue weighted by molar-refractivity contribution is 14.0. The first-order chi connectivity index (χ1) is 11.0. The molecule has 0 heterocycles. The van der Waals surface area contributed by atoms with E-state index in [2.05, 4.69) is 60.7 Å². The van der Waals surface area contributed by atoms with Crippen molar-refractivity contribution in [2.75, 3.05) is 13.1 Å². The summed E-state index contributed by atoms with van der Waals surface area (Å²) in [6, 6.07) is 10.8. The number of hydrogen-bond donors (Lipinski definition) is 3. The van der Waals surface area contributed by atoms with Crippen LogP contribution in [-0.4, -0.2) is 35.8 Å². The highest BCUT2D eigenvalue weighted by atomic mass is 127. The van der Waals surface area contributed by atoms with E-state index in [1.165, 1.54) is 5.56 Å². The van der Waals surface area contributed by atoms with Crippen LogP contribution in [0.2, 0.25) is 0 Å². The molecule has 2 unspecified atom stereocenters. The number of benzene rings is 1. The van der Waals surface area contributed by atoms with Gasteiger partial charge >= 0.3 is 0 Å². The summed E-state index contributed by atoms with van der Waals surface area (Å²) in [5.74, 6) is 1.18. The molecule has 3 N–H and O–H groups in total. The molecule has 0 saturated heterocycles. The van der Waals surface area contributed by atoms with Crippen molar-refractivity contribution in [3.8, 4) is 0 Å². The predicted molar refractivity (Wildman–Crippen MR) is 112 cm³/mol. The van der Waals surface area contributed by atoms with E-state index in [9.17, 15) is 5.11 Å². The Morgan fingerprint density at radius 3 is 2.42 bits per heavy atom. The van der Waals surface area contributed by atoms with Gasteiger partial charge in [-0.2, -0.15) is 0 Å². The number of aliphatic hydroxyl groups is 1. The van der Waals surface area contributed by atoms with E-state index in [1.54, 1.807) is 0 Å². The largest absolute Gasteiger partial charge is 0.388 e. The summed E-state index contributed by atoms with van der Waals surface area (Å²) in [6.07, 6.45) is 3.95. The Balaban J connectivity index is 0.00000288. The zero-order chi connectivity index (χ0) is 16.7. The van der Waals surface area contributed by atoms with E-state index in [-0.39, 0.29) is 30.0 Å². The first-order valence-corrected chi connectivity index (χ1v) is 8.86. The maximum Gasteiger partial charge on any atom is 0.191 e. The van der Waals surface area contributed by atoms with Gasteiger partial charge in [-0.05, 0) is 32.3 Å². The van der Waals surface area contributed by atoms with Crippen molar-refractivity contribution in [3.63, 3.8) is 0 Å². The quantitative estimate of drug-likeness (QED) is 0.356. The lowest BCUT2D eigenvalue weighted by Crippen LogP contribution is -2.45. The predicted octanol–water partition coefficient (Wildman–Crippen LogP) is 3.66. The first kappa shape index (κ1) is 21.2. The lowest BCUT2D eigenvalue weighted by atomic mass is 9.94. The molecule has 1 aliphatic rings. The van der Waals surface area contributed by atoms with Crippen molar-refractivity contribution in [2.24, 2.45) is 4.99 Å². The third-order valence-corrected chi connectivity index (χ3v) is 4.85. The molecule has 0 aliphatic heterocycles. The second-order valence-electron chi connectivity index (χ2n) is 6.76. The Bertz CT molecular complexity index is 501. The maximum absolute atomic E-state index is 10.5. The molecule has 0 radical (unpaired) electrons. The maximum atomic E-state index is 10.5. The Kier molecular flexibility index (Phi) is 9.05. The molecule has 0 aromatic heterocycles. The summed E-state index contributed by atoms with van der Waals surface area (Å²) >= 11 is 0. The van der Waals surface area contributed by atoms with Crippen molar-refractivity contribution in [3.05, 3.63) is 35.9 Å². The second kappa shape index (κ2) is 10.2. The second-order valence-corrected chi connectivity index (χ2v) is 6.76. The van der Waals surface area contributed by atoms with Gasteiger partial charge < -0.3 is 15.7 Å². The summed E-state index contributed by atoms with van der Waals surface area (Å²) in [5.41, 5.74) is 0.717. The van der Waals surface area contributed by atoms with Gasteiger partial charge in [-0.15, -0.1) is 24.0 Å². The van der Waals surface area contributed by atoms with Crippen LogP contribution in [0, 0.1) is 0 Å². The van der Waals surface area contributed by atoms with Crippen LogP contribution < -0.4 is 10.6 Å². The van der Waals surface area contributed by atoms with Crippen molar-refractivity contribution < 1.29 is 5.11 Å². The fourth-order valence-electron chi connectivity index (χ4n) is 3.12. The zero-order valence-electron chi connectivity index (χ0n) is 15.1. The summed E-state index contributed by atoms with van der Waals surface area (Å²) < 4.78 is 0. The fourth-order valence-corrected chi connectivity index (χ4v) is 3.12. The van der Waals surface area contributed by atoms with Gasteiger partial charge in [0, 0.05) is 18.5 Å². The lowest BCUT2D eigenvalue weighted by molar-refractivity contribution is 0.0574. The molecule has 2 rings (SSSR count). The van der Waals surface area contributed by atoms with Crippen molar-refractivity contribution in [1.29, 1.82) is 0 Å². The van der Waals surface area contributed by atoms with Crippen LogP contribution in [0.15, 0.2) is 35.3 Å². The van der Waals surface area contributed by atoms with Crippen LogP contribution in [0.1, 0.15) is 57.9 Å². The van der Waals surface area contributed by atoms with Gasteiger partial charge in [-0.25, -0.2) is 0 Å². The SMILES string of the molecule is CCNC(=NCC1(O)CCCC1)NC(C)C(C)c1ccccc1.I. The number of nitrogens with zero attached hydrogens (tertiary/aromatic N) is 1. The summed E-state index contributed by atoms with van der Waals surface area (Å²) in [7, 11) is 0. The molecule has 1 saturated carbocycles. The van der Waals surface area contributed by atoms with Crippen molar-refractivity contribution >= 4 is 29.9 Å². The Hall–Kier alpha value is -0.820. The molecular formula is C19H32IN3O. The lowest BCUT2D eigenvalue weighted by Gasteiger charge is -2.25. The fraction of sp³-hybridized carbons (Fsp3) is 0.632. The third-order valence-electron chi connectivity index (χ3n) is 4.85. The van der Waals surface area contributed by atoms with E-state index in [4.69, 9.17) is 0 Å². The van der Waals surface area contributed by atoms with Gasteiger partial charge in [-0.1, -0.05) is 50.1 Å². The minimum absolute atomic E-state index is 0. The number of nitrogens with one attached hydrogen (secondary N) is 2. The Morgan fingerprint density at radius 1 is 1.21 bits per heavy atom. The average Bonchev–Trinajstić information content (AvgIpc) is 3.00. The smallest absolute Gasteiger partial charge is 0.191 e. The van der Waals surface area contributed by atoms with Gasteiger partial charge in [0.1, 0.15) is 0 Å². The molecule has 1 aromatic carbocycles. The van der Waals surface area contributed by atoms with Crippen LogP contribution in [-0.2, 0) is 0 Å². The topological polar surface area (TPSA) is 56.7 Å². The Labute approximate surface area is 163 Å². The molecule has 1 aliphatic carbocycles. The molecule has 136 valence electrons. The minimum atomic E-state index is -0.601. The van der Waals surface area contributed by atoms with E-state index in [0.29, 0.717) is 12.5 Å². The van der Waals surface area contributed by atoms with Crippen LogP contribution in [0.4, 0.5) is 0 Å². The first-order valence-electron chi connectivity index (χ1n) is 8.86. The molecule has 4 nitrogen and oxygen atoms in total. The van der Waals surface area contributed by atoms with Gasteiger partial charge in [0.15, 0.2) is 5.96 Å². The minimum Gasteiger partial charge on any atom is -0.388 e. The van der Waals surface area contributed by atoms with Gasteiger partial charge in [0.05, 0.1) is 12.1 Å². The molecule has 0 amide bonds. The van der Waals surface area contributed by atoms with E-state index < -0.39 is 5.60 Å². The van der Waals surface area contributed by atoms with Crippen LogP contribution in [0.3, 0.4) is 0 Å².